The number of piperazine rings is 1. The first-order valence-corrected chi connectivity index (χ1v) is 18.3. The Morgan fingerprint density at radius 1 is 0.852 bits per heavy atom. The molecule has 11 nitrogen and oxygen atoms in total. The Morgan fingerprint density at radius 3 is 2.00 bits per heavy atom. The van der Waals surface area contributed by atoms with Crippen LogP contribution in [-0.4, -0.2) is 66.5 Å². The summed E-state index contributed by atoms with van der Waals surface area (Å²) in [6, 6.07) is 25.6. The summed E-state index contributed by atoms with van der Waals surface area (Å²) >= 11 is 6.24. The van der Waals surface area contributed by atoms with Crippen molar-refractivity contribution in [3.8, 4) is 16.8 Å². The number of hydrogen-bond acceptors (Lipinski definition) is 7. The van der Waals surface area contributed by atoms with Gasteiger partial charge in [-0.2, -0.15) is 13.9 Å². The third-order valence-electron chi connectivity index (χ3n) is 10.4. The Balaban J connectivity index is 1.01. The molecular formula is C40H41ClF2N8O3. The lowest BCUT2D eigenvalue weighted by atomic mass is 9.90. The van der Waals surface area contributed by atoms with E-state index in [-0.39, 0.29) is 11.7 Å². The van der Waals surface area contributed by atoms with E-state index in [0.717, 1.165) is 58.9 Å². The maximum atomic E-state index is 15.0. The number of aliphatic hydroxyl groups excluding tert-OH is 1. The molecule has 3 aromatic carbocycles. The van der Waals surface area contributed by atoms with Gasteiger partial charge in [0, 0.05) is 60.3 Å². The fourth-order valence-electron chi connectivity index (χ4n) is 7.28. The van der Waals surface area contributed by atoms with Crippen LogP contribution in [0.1, 0.15) is 56.5 Å². The molecule has 14 heteroatoms. The van der Waals surface area contributed by atoms with Crippen molar-refractivity contribution in [3.05, 3.63) is 146 Å². The largest absolute Gasteiger partial charge is 0.391 e. The van der Waals surface area contributed by atoms with E-state index >= 15 is 0 Å². The molecule has 3 aromatic heterocycles. The fourth-order valence-corrected chi connectivity index (χ4v) is 7.48. The number of H-pyrrole nitrogens is 1. The van der Waals surface area contributed by atoms with Crippen molar-refractivity contribution in [1.29, 1.82) is 0 Å². The van der Waals surface area contributed by atoms with Crippen LogP contribution < -0.4 is 21.0 Å². The van der Waals surface area contributed by atoms with E-state index in [1.54, 1.807) is 37.4 Å². The van der Waals surface area contributed by atoms with Gasteiger partial charge in [-0.15, -0.1) is 0 Å². The second-order valence-corrected chi connectivity index (χ2v) is 14.1. The van der Waals surface area contributed by atoms with Crippen LogP contribution in [0.15, 0.2) is 107 Å². The zero-order chi connectivity index (χ0) is 38.1. The number of aromatic nitrogens is 6. The lowest BCUT2D eigenvalue weighted by Crippen LogP contribution is -2.46. The molecule has 1 fully saturated rings. The number of aromatic amines is 1. The molecular weight excluding hydrogens is 714 g/mol. The Morgan fingerprint density at radius 2 is 1.46 bits per heavy atom. The Kier molecular flexibility index (Phi) is 10.5. The highest BCUT2D eigenvalue weighted by atomic mass is 35.5. The highest BCUT2D eigenvalue weighted by Crippen LogP contribution is 2.35. The van der Waals surface area contributed by atoms with Crippen molar-refractivity contribution < 1.29 is 13.9 Å². The molecule has 280 valence electrons. The molecule has 0 amide bonds. The smallest absolute Gasteiger partial charge is 0.350 e. The molecule has 1 aliphatic rings. The first-order valence-electron chi connectivity index (χ1n) is 18.0. The van der Waals surface area contributed by atoms with Crippen molar-refractivity contribution in [2.24, 2.45) is 0 Å². The number of hydrogen-bond donors (Lipinski definition) is 2. The van der Waals surface area contributed by atoms with Crippen LogP contribution in [0.3, 0.4) is 0 Å². The maximum absolute atomic E-state index is 15.0. The summed E-state index contributed by atoms with van der Waals surface area (Å²) in [5.41, 5.74) is 4.49. The molecule has 7 rings (SSSR count). The number of rotatable bonds is 11. The van der Waals surface area contributed by atoms with Crippen LogP contribution in [0.25, 0.3) is 16.8 Å². The molecule has 2 N–H and O–H groups in total. The molecule has 1 saturated heterocycles. The molecule has 2 unspecified atom stereocenters. The second-order valence-electron chi connectivity index (χ2n) is 13.7. The van der Waals surface area contributed by atoms with Gasteiger partial charge in [0.1, 0.15) is 12.4 Å². The summed E-state index contributed by atoms with van der Waals surface area (Å²) in [5.74, 6) is -3.17. The van der Waals surface area contributed by atoms with E-state index < -0.39 is 35.4 Å². The van der Waals surface area contributed by atoms with Crippen LogP contribution >= 0.6 is 11.6 Å². The van der Waals surface area contributed by atoms with Gasteiger partial charge in [0.15, 0.2) is 0 Å². The van der Waals surface area contributed by atoms with Crippen LogP contribution in [0.2, 0.25) is 5.02 Å². The first-order chi connectivity index (χ1) is 26.0. The molecule has 0 aliphatic carbocycles. The topological polar surface area (TPSA) is 117 Å². The molecule has 0 bridgehead atoms. The summed E-state index contributed by atoms with van der Waals surface area (Å²) in [4.78, 5) is 34.4. The van der Waals surface area contributed by atoms with Crippen molar-refractivity contribution >= 4 is 23.0 Å². The molecule has 6 aromatic rings. The second kappa shape index (κ2) is 15.4. The number of aliphatic hydroxyl groups is 1. The van der Waals surface area contributed by atoms with Crippen LogP contribution in [0, 0.1) is 11.8 Å². The fraction of sp³-hybridized carbons (Fsp3) is 0.300. The highest BCUT2D eigenvalue weighted by Gasteiger charge is 2.30. The van der Waals surface area contributed by atoms with E-state index in [4.69, 9.17) is 11.6 Å². The van der Waals surface area contributed by atoms with Gasteiger partial charge in [0.25, 0.3) is 5.95 Å². The molecule has 0 radical (unpaired) electrons. The van der Waals surface area contributed by atoms with E-state index in [2.05, 4.69) is 37.1 Å². The van der Waals surface area contributed by atoms with Gasteiger partial charge < -0.3 is 14.9 Å². The van der Waals surface area contributed by atoms with Gasteiger partial charge >= 0.3 is 11.2 Å². The van der Waals surface area contributed by atoms with Gasteiger partial charge in [-0.05, 0) is 79.1 Å². The zero-order valence-electron chi connectivity index (χ0n) is 30.1. The maximum Gasteiger partial charge on any atom is 0.350 e. The predicted octanol–water partition coefficient (Wildman–Crippen LogP) is 6.57. The molecule has 1 aliphatic heterocycles. The molecule has 0 spiro atoms. The summed E-state index contributed by atoms with van der Waals surface area (Å²) in [6.07, 6.45) is 3.10. The van der Waals surface area contributed by atoms with E-state index in [1.807, 2.05) is 62.4 Å². The summed E-state index contributed by atoms with van der Waals surface area (Å²) < 4.78 is 32.9. The van der Waals surface area contributed by atoms with Gasteiger partial charge in [0.2, 0.25) is 5.82 Å². The van der Waals surface area contributed by atoms with E-state index in [0.29, 0.717) is 22.8 Å². The first kappa shape index (κ1) is 36.8. The third-order valence-corrected chi connectivity index (χ3v) is 10.6. The molecule has 4 heterocycles. The average molecular weight is 755 g/mol. The summed E-state index contributed by atoms with van der Waals surface area (Å²) in [5, 5.41) is 17.1. The summed E-state index contributed by atoms with van der Waals surface area (Å²) in [6.45, 7) is 8.72. The highest BCUT2D eigenvalue weighted by molar-refractivity contribution is 6.30. The number of halogens is 3. The Bertz CT molecular complexity index is 2330. The Hall–Kier alpha value is -5.53. The van der Waals surface area contributed by atoms with Crippen LogP contribution in [-0.2, 0) is 0 Å². The lowest BCUT2D eigenvalue weighted by Gasteiger charge is -2.37. The number of nitrogens with one attached hydrogen (secondary N) is 1. The molecule has 4 atom stereocenters. The van der Waals surface area contributed by atoms with Crippen molar-refractivity contribution in [2.45, 2.75) is 51.3 Å². The minimum Gasteiger partial charge on any atom is -0.391 e. The van der Waals surface area contributed by atoms with Crippen LogP contribution in [0.4, 0.5) is 20.2 Å². The quantitative estimate of drug-likeness (QED) is 0.154. The van der Waals surface area contributed by atoms with Gasteiger partial charge in [-0.1, -0.05) is 55.8 Å². The number of anilines is 2. The van der Waals surface area contributed by atoms with Gasteiger partial charge in [-0.3, -0.25) is 14.9 Å². The van der Waals surface area contributed by atoms with Crippen molar-refractivity contribution in [3.63, 3.8) is 0 Å². The zero-order valence-corrected chi connectivity index (χ0v) is 30.9. The minimum atomic E-state index is -1.47. The Labute approximate surface area is 315 Å². The van der Waals surface area contributed by atoms with Crippen LogP contribution in [0.5, 0.6) is 0 Å². The normalized spacial score (nSPS) is 15.6. The minimum absolute atomic E-state index is 0.280. The standard InChI is InChI=1S/C40H41ClF2N8O3/c1-4-35(26(3)52)50-40(54)49(24-45-50)33-15-13-32(14-16-33)48-20-18-47(19-21-48)31-11-8-27(9-12-31)29-10-17-34(44-23-29)37(51-38(43)36(42)39(53)46-51)25(2)28-6-5-7-30(41)22-28/h5-17,22-26,35,37,52H,4,18-21H2,1-3H3,(H,46,53)/t25?,26-,35-,37?/m0/s1. The number of pyridine rings is 1. The summed E-state index contributed by atoms with van der Waals surface area (Å²) in [7, 11) is 0. The third kappa shape index (κ3) is 7.21. The lowest BCUT2D eigenvalue weighted by molar-refractivity contribution is 0.118. The number of nitrogens with zero attached hydrogens (tertiary/aromatic N) is 7. The van der Waals surface area contributed by atoms with E-state index in [9.17, 15) is 23.5 Å². The SMILES string of the molecule is CC[C@@H]([C@H](C)O)n1ncn(-c2ccc(N3CCN(c4ccc(-c5ccc(C(C(C)c6cccc(Cl)c6)n6[nH]c(=O)c(F)c6F)nc5)cc4)CC3)cc2)c1=O. The van der Waals surface area contributed by atoms with Crippen molar-refractivity contribution in [2.75, 3.05) is 36.0 Å². The average Bonchev–Trinajstić information content (AvgIpc) is 3.69. The molecule has 0 saturated carbocycles. The van der Waals surface area contributed by atoms with Gasteiger partial charge in [0.05, 0.1) is 23.5 Å². The van der Waals surface area contributed by atoms with Crippen molar-refractivity contribution in [1.82, 2.24) is 29.1 Å². The van der Waals surface area contributed by atoms with Gasteiger partial charge in [-0.25, -0.2) is 18.7 Å². The number of benzene rings is 3. The predicted molar refractivity (Wildman–Crippen MR) is 206 cm³/mol. The molecule has 54 heavy (non-hydrogen) atoms. The monoisotopic (exact) mass is 754 g/mol. The van der Waals surface area contributed by atoms with E-state index in [1.165, 1.54) is 15.6 Å².